The zero-order chi connectivity index (χ0) is 17.7. The Morgan fingerprint density at radius 2 is 1.79 bits per heavy atom. The van der Waals surface area contributed by atoms with E-state index in [1.54, 1.807) is 0 Å². The molecule has 24 heavy (non-hydrogen) atoms. The van der Waals surface area contributed by atoms with Crippen LogP contribution in [0, 0.1) is 26.7 Å². The number of hydrogen-bond donors (Lipinski definition) is 1. The van der Waals surface area contributed by atoms with Crippen LogP contribution in [0.25, 0.3) is 0 Å². The van der Waals surface area contributed by atoms with Crippen molar-refractivity contribution in [2.45, 2.75) is 46.1 Å². The van der Waals surface area contributed by atoms with Crippen molar-refractivity contribution in [1.29, 1.82) is 0 Å². The number of carbonyl (C=O) groups is 2. The number of methoxy groups -OCH3 is 1. The van der Waals surface area contributed by atoms with Gasteiger partial charge in [0.1, 0.15) is 6.04 Å². The van der Waals surface area contributed by atoms with Crippen LogP contribution in [0.3, 0.4) is 0 Å². The number of esters is 1. The monoisotopic (exact) mass is 333 g/mol. The average molecular weight is 333 g/mol. The molecule has 0 radical (unpaired) electrons. The first-order chi connectivity index (χ1) is 11.4. The number of benzene rings is 1. The van der Waals surface area contributed by atoms with Gasteiger partial charge >= 0.3 is 5.97 Å². The number of rotatable bonds is 5. The van der Waals surface area contributed by atoms with E-state index in [1.807, 2.05) is 20.8 Å². The molecule has 0 spiro atoms. The molecule has 0 aromatic heterocycles. The van der Waals surface area contributed by atoms with Crippen molar-refractivity contribution in [2.75, 3.05) is 20.3 Å². The van der Waals surface area contributed by atoms with Gasteiger partial charge < -0.3 is 14.8 Å². The molecule has 132 valence electrons. The highest BCUT2D eigenvalue weighted by molar-refractivity contribution is 5.86. The molecule has 0 bridgehead atoms. The summed E-state index contributed by atoms with van der Waals surface area (Å²) in [7, 11) is 1.36. The zero-order valence-corrected chi connectivity index (χ0v) is 15.0. The maximum absolute atomic E-state index is 12.5. The highest BCUT2D eigenvalue weighted by Gasteiger charge is 2.32. The Hall–Kier alpha value is -1.88. The fourth-order valence-corrected chi connectivity index (χ4v) is 3.42. The van der Waals surface area contributed by atoms with Gasteiger partial charge in [-0.2, -0.15) is 0 Å². The standard InChI is InChI=1S/C19H27NO4/c1-12-9-13(2)16(14(3)10-12)11-17(21)20-18(19(22)23-4)15-5-7-24-8-6-15/h9-10,15,18H,5-8,11H2,1-4H3,(H,20,21). The van der Waals surface area contributed by atoms with Gasteiger partial charge in [-0.3, -0.25) is 4.79 Å². The van der Waals surface area contributed by atoms with Crippen LogP contribution in [0.15, 0.2) is 12.1 Å². The molecular formula is C19H27NO4. The number of nitrogens with one attached hydrogen (secondary N) is 1. The van der Waals surface area contributed by atoms with E-state index in [4.69, 9.17) is 9.47 Å². The first-order valence-electron chi connectivity index (χ1n) is 8.44. The van der Waals surface area contributed by atoms with E-state index in [-0.39, 0.29) is 24.2 Å². The number of ether oxygens (including phenoxy) is 2. The number of amides is 1. The van der Waals surface area contributed by atoms with E-state index in [1.165, 1.54) is 12.7 Å². The highest BCUT2D eigenvalue weighted by atomic mass is 16.5. The van der Waals surface area contributed by atoms with Gasteiger partial charge in [-0.05, 0) is 56.2 Å². The summed E-state index contributed by atoms with van der Waals surface area (Å²) in [6, 6.07) is 3.55. The third kappa shape index (κ3) is 4.57. The summed E-state index contributed by atoms with van der Waals surface area (Å²) < 4.78 is 10.2. The Bertz CT molecular complexity index is 582. The summed E-state index contributed by atoms with van der Waals surface area (Å²) in [5.41, 5.74) is 4.41. The summed E-state index contributed by atoms with van der Waals surface area (Å²) in [5.74, 6) is -0.463. The van der Waals surface area contributed by atoms with Crippen LogP contribution in [0.1, 0.15) is 35.1 Å². The van der Waals surface area contributed by atoms with Gasteiger partial charge in [0, 0.05) is 13.2 Å². The van der Waals surface area contributed by atoms with Crippen molar-refractivity contribution in [3.8, 4) is 0 Å². The van der Waals surface area contributed by atoms with Crippen molar-refractivity contribution >= 4 is 11.9 Å². The molecule has 1 aliphatic rings. The van der Waals surface area contributed by atoms with Gasteiger partial charge in [0.15, 0.2) is 0 Å². The molecule has 5 nitrogen and oxygen atoms in total. The second-order valence-electron chi connectivity index (χ2n) is 6.57. The van der Waals surface area contributed by atoms with Crippen LogP contribution in [-0.2, 0) is 25.5 Å². The Morgan fingerprint density at radius 1 is 1.21 bits per heavy atom. The largest absolute Gasteiger partial charge is 0.467 e. The van der Waals surface area contributed by atoms with Gasteiger partial charge in [-0.15, -0.1) is 0 Å². The lowest BCUT2D eigenvalue weighted by molar-refractivity contribution is -0.147. The first kappa shape index (κ1) is 18.5. The smallest absolute Gasteiger partial charge is 0.328 e. The second-order valence-corrected chi connectivity index (χ2v) is 6.57. The maximum atomic E-state index is 12.5. The summed E-state index contributed by atoms with van der Waals surface area (Å²) in [4.78, 5) is 24.6. The highest BCUT2D eigenvalue weighted by Crippen LogP contribution is 2.21. The van der Waals surface area contributed by atoms with E-state index < -0.39 is 6.04 Å². The topological polar surface area (TPSA) is 64.6 Å². The normalized spacial score (nSPS) is 16.5. The Balaban J connectivity index is 2.09. The molecule has 2 rings (SSSR count). The maximum Gasteiger partial charge on any atom is 0.328 e. The Labute approximate surface area is 143 Å². The van der Waals surface area contributed by atoms with Crippen LogP contribution in [0.5, 0.6) is 0 Å². The SMILES string of the molecule is COC(=O)C(NC(=O)Cc1c(C)cc(C)cc1C)C1CCOCC1. The zero-order valence-electron chi connectivity index (χ0n) is 15.0. The summed E-state index contributed by atoms with van der Waals surface area (Å²) in [6.45, 7) is 7.30. The second kappa shape index (κ2) is 8.29. The van der Waals surface area contributed by atoms with E-state index >= 15 is 0 Å². The molecule has 1 aromatic carbocycles. The number of carbonyl (C=O) groups excluding carboxylic acids is 2. The molecule has 1 unspecified atom stereocenters. The lowest BCUT2D eigenvalue weighted by atomic mass is 9.91. The molecule has 1 atom stereocenters. The number of hydrogen-bond acceptors (Lipinski definition) is 4. The van der Waals surface area contributed by atoms with Gasteiger partial charge in [0.25, 0.3) is 0 Å². The van der Waals surface area contributed by atoms with Crippen LogP contribution < -0.4 is 5.32 Å². The van der Waals surface area contributed by atoms with Crippen molar-refractivity contribution in [2.24, 2.45) is 5.92 Å². The molecule has 0 aliphatic carbocycles. The predicted octanol–water partition coefficient (Wildman–Crippen LogP) is 2.24. The van der Waals surface area contributed by atoms with Gasteiger partial charge in [-0.25, -0.2) is 4.79 Å². The fraction of sp³-hybridized carbons (Fsp3) is 0.579. The minimum Gasteiger partial charge on any atom is -0.467 e. The minimum atomic E-state index is -0.600. The molecule has 1 aliphatic heterocycles. The molecule has 1 heterocycles. The van der Waals surface area contributed by atoms with Crippen molar-refractivity contribution < 1.29 is 19.1 Å². The molecular weight excluding hydrogens is 306 g/mol. The van der Waals surface area contributed by atoms with Gasteiger partial charge in [0.05, 0.1) is 13.5 Å². The predicted molar refractivity (Wildman–Crippen MR) is 91.8 cm³/mol. The molecule has 1 aromatic rings. The molecule has 5 heteroatoms. The Kier molecular flexibility index (Phi) is 6.37. The summed E-state index contributed by atoms with van der Waals surface area (Å²) >= 11 is 0. The van der Waals surface area contributed by atoms with Crippen LogP contribution in [-0.4, -0.2) is 38.2 Å². The first-order valence-corrected chi connectivity index (χ1v) is 8.44. The Morgan fingerprint density at radius 3 is 2.33 bits per heavy atom. The van der Waals surface area contributed by atoms with E-state index in [9.17, 15) is 9.59 Å². The number of aryl methyl sites for hydroxylation is 3. The quantitative estimate of drug-likeness (QED) is 0.839. The lowest BCUT2D eigenvalue weighted by Gasteiger charge is -2.29. The van der Waals surface area contributed by atoms with Crippen molar-refractivity contribution in [1.82, 2.24) is 5.32 Å². The van der Waals surface area contributed by atoms with Crippen LogP contribution >= 0.6 is 0 Å². The van der Waals surface area contributed by atoms with Crippen LogP contribution in [0.4, 0.5) is 0 Å². The third-order valence-corrected chi connectivity index (χ3v) is 4.69. The van der Waals surface area contributed by atoms with E-state index in [0.717, 1.165) is 29.5 Å². The van der Waals surface area contributed by atoms with Crippen LogP contribution in [0.2, 0.25) is 0 Å². The third-order valence-electron chi connectivity index (χ3n) is 4.69. The minimum absolute atomic E-state index is 0.0651. The fourth-order valence-electron chi connectivity index (χ4n) is 3.42. The van der Waals surface area contributed by atoms with E-state index in [2.05, 4.69) is 17.4 Å². The van der Waals surface area contributed by atoms with Gasteiger partial charge in [-0.1, -0.05) is 17.7 Å². The summed E-state index contributed by atoms with van der Waals surface area (Å²) in [6.07, 6.45) is 1.78. The van der Waals surface area contributed by atoms with Crippen molar-refractivity contribution in [3.05, 3.63) is 34.4 Å². The van der Waals surface area contributed by atoms with Crippen molar-refractivity contribution in [3.63, 3.8) is 0 Å². The van der Waals surface area contributed by atoms with Gasteiger partial charge in [0.2, 0.25) is 5.91 Å². The molecule has 1 N–H and O–H groups in total. The molecule has 0 saturated carbocycles. The average Bonchev–Trinajstić information content (AvgIpc) is 2.56. The molecule has 1 saturated heterocycles. The lowest BCUT2D eigenvalue weighted by Crippen LogP contribution is -2.48. The molecule has 1 fully saturated rings. The summed E-state index contributed by atoms with van der Waals surface area (Å²) in [5, 5.41) is 2.89. The van der Waals surface area contributed by atoms with E-state index in [0.29, 0.717) is 13.2 Å². The molecule has 1 amide bonds.